The molecule has 1 aromatic rings. The molecule has 100 valence electrons. The second-order valence-electron chi connectivity index (χ2n) is 5.36. The first-order chi connectivity index (χ1) is 8.72. The summed E-state index contributed by atoms with van der Waals surface area (Å²) in [4.78, 5) is 0. The Morgan fingerprint density at radius 1 is 1.28 bits per heavy atom. The summed E-state index contributed by atoms with van der Waals surface area (Å²) in [5, 5.41) is 3.61. The summed E-state index contributed by atoms with van der Waals surface area (Å²) >= 11 is 0. The Morgan fingerprint density at radius 2 is 2.00 bits per heavy atom. The van der Waals surface area contributed by atoms with Crippen LogP contribution in [0.25, 0.3) is 0 Å². The summed E-state index contributed by atoms with van der Waals surface area (Å²) in [6.45, 7) is 9.47. The first-order valence-electron chi connectivity index (χ1n) is 7.08. The lowest BCUT2D eigenvalue weighted by Gasteiger charge is -2.33. The molecule has 1 aliphatic heterocycles. The van der Waals surface area contributed by atoms with Crippen molar-refractivity contribution in [2.45, 2.75) is 39.7 Å². The molecule has 2 heteroatoms. The molecular formula is C16H25NO. The molecule has 0 spiro atoms. The van der Waals surface area contributed by atoms with Crippen LogP contribution in [0.4, 0.5) is 0 Å². The predicted octanol–water partition coefficient (Wildman–Crippen LogP) is 2.86. The van der Waals surface area contributed by atoms with Gasteiger partial charge in [0.05, 0.1) is 6.61 Å². The SMILES string of the molecule is CCNC1CCOCC1Cc1c(C)cccc1C. The lowest BCUT2D eigenvalue weighted by Crippen LogP contribution is -2.43. The van der Waals surface area contributed by atoms with E-state index in [4.69, 9.17) is 4.74 Å². The molecule has 0 radical (unpaired) electrons. The minimum absolute atomic E-state index is 0.610. The van der Waals surface area contributed by atoms with Crippen molar-refractivity contribution in [1.29, 1.82) is 0 Å². The fourth-order valence-corrected chi connectivity index (χ4v) is 2.96. The standard InChI is InChI=1S/C16H25NO/c1-4-17-16-8-9-18-11-14(16)10-15-12(2)6-5-7-13(15)3/h5-7,14,16-17H,4,8-11H2,1-3H3. The highest BCUT2D eigenvalue weighted by Gasteiger charge is 2.25. The van der Waals surface area contributed by atoms with Crippen molar-refractivity contribution < 1.29 is 4.74 Å². The Balaban J connectivity index is 2.11. The van der Waals surface area contributed by atoms with Crippen LogP contribution < -0.4 is 5.32 Å². The van der Waals surface area contributed by atoms with Crippen LogP contribution in [0.3, 0.4) is 0 Å². The zero-order valence-electron chi connectivity index (χ0n) is 11.8. The molecule has 1 N–H and O–H groups in total. The second-order valence-corrected chi connectivity index (χ2v) is 5.36. The maximum Gasteiger partial charge on any atom is 0.0512 e. The molecule has 1 aromatic carbocycles. The Labute approximate surface area is 111 Å². The molecule has 1 heterocycles. The van der Waals surface area contributed by atoms with Crippen LogP contribution in [-0.4, -0.2) is 25.8 Å². The van der Waals surface area contributed by atoms with Gasteiger partial charge in [0, 0.05) is 18.6 Å². The molecule has 2 atom stereocenters. The second kappa shape index (κ2) is 6.35. The normalized spacial score (nSPS) is 24.2. The van der Waals surface area contributed by atoms with Gasteiger partial charge in [-0.3, -0.25) is 0 Å². The molecule has 0 saturated carbocycles. The van der Waals surface area contributed by atoms with E-state index in [-0.39, 0.29) is 0 Å². The zero-order chi connectivity index (χ0) is 13.0. The summed E-state index contributed by atoms with van der Waals surface area (Å²) in [5.41, 5.74) is 4.34. The van der Waals surface area contributed by atoms with Gasteiger partial charge in [-0.2, -0.15) is 0 Å². The van der Waals surface area contributed by atoms with Gasteiger partial charge in [0.25, 0.3) is 0 Å². The van der Waals surface area contributed by atoms with Crippen molar-refractivity contribution in [1.82, 2.24) is 5.32 Å². The van der Waals surface area contributed by atoms with Crippen LogP contribution in [0.15, 0.2) is 18.2 Å². The van der Waals surface area contributed by atoms with Gasteiger partial charge < -0.3 is 10.1 Å². The highest BCUT2D eigenvalue weighted by atomic mass is 16.5. The van der Waals surface area contributed by atoms with Gasteiger partial charge in [0.2, 0.25) is 0 Å². The van der Waals surface area contributed by atoms with E-state index in [0.717, 1.165) is 32.6 Å². The van der Waals surface area contributed by atoms with Gasteiger partial charge in [-0.05, 0) is 49.9 Å². The third-order valence-corrected chi connectivity index (χ3v) is 4.05. The number of hydrogen-bond acceptors (Lipinski definition) is 2. The smallest absolute Gasteiger partial charge is 0.0512 e. The Kier molecular flexibility index (Phi) is 4.79. The quantitative estimate of drug-likeness (QED) is 0.883. The minimum Gasteiger partial charge on any atom is -0.381 e. The molecule has 0 bridgehead atoms. The van der Waals surface area contributed by atoms with Crippen LogP contribution >= 0.6 is 0 Å². The Bertz CT molecular complexity index is 366. The van der Waals surface area contributed by atoms with E-state index < -0.39 is 0 Å². The molecule has 2 rings (SSSR count). The molecule has 2 nitrogen and oxygen atoms in total. The fraction of sp³-hybridized carbons (Fsp3) is 0.625. The molecule has 1 fully saturated rings. The molecule has 0 amide bonds. The molecule has 1 aliphatic rings. The first kappa shape index (κ1) is 13.6. The van der Waals surface area contributed by atoms with Gasteiger partial charge in [-0.1, -0.05) is 25.1 Å². The molecule has 1 saturated heterocycles. The van der Waals surface area contributed by atoms with Gasteiger partial charge in [0.15, 0.2) is 0 Å². The Hall–Kier alpha value is -0.860. The third kappa shape index (κ3) is 3.12. The van der Waals surface area contributed by atoms with E-state index in [2.05, 4.69) is 44.3 Å². The van der Waals surface area contributed by atoms with Gasteiger partial charge in [-0.25, -0.2) is 0 Å². The summed E-state index contributed by atoms with van der Waals surface area (Å²) < 4.78 is 5.67. The van der Waals surface area contributed by atoms with Crippen molar-refractivity contribution in [2.75, 3.05) is 19.8 Å². The maximum atomic E-state index is 5.67. The topological polar surface area (TPSA) is 21.3 Å². The van der Waals surface area contributed by atoms with Crippen molar-refractivity contribution in [3.05, 3.63) is 34.9 Å². The third-order valence-electron chi connectivity index (χ3n) is 4.05. The van der Waals surface area contributed by atoms with Gasteiger partial charge in [0.1, 0.15) is 0 Å². The maximum absolute atomic E-state index is 5.67. The van der Waals surface area contributed by atoms with E-state index in [1.54, 1.807) is 0 Å². The van der Waals surface area contributed by atoms with Crippen molar-refractivity contribution in [3.63, 3.8) is 0 Å². The van der Waals surface area contributed by atoms with E-state index in [0.29, 0.717) is 12.0 Å². The number of nitrogens with one attached hydrogen (secondary N) is 1. The summed E-state index contributed by atoms with van der Waals surface area (Å²) in [6, 6.07) is 7.19. The largest absolute Gasteiger partial charge is 0.381 e. The predicted molar refractivity (Wildman–Crippen MR) is 76.0 cm³/mol. The lowest BCUT2D eigenvalue weighted by molar-refractivity contribution is 0.0326. The number of aryl methyl sites for hydroxylation is 2. The van der Waals surface area contributed by atoms with Crippen LogP contribution in [0, 0.1) is 19.8 Å². The summed E-state index contributed by atoms with van der Waals surface area (Å²) in [5.74, 6) is 0.610. The van der Waals surface area contributed by atoms with Crippen LogP contribution in [0.2, 0.25) is 0 Å². The average molecular weight is 247 g/mol. The van der Waals surface area contributed by atoms with Crippen LogP contribution in [0.1, 0.15) is 30.0 Å². The van der Waals surface area contributed by atoms with Crippen molar-refractivity contribution >= 4 is 0 Å². The molecule has 2 unspecified atom stereocenters. The van der Waals surface area contributed by atoms with Crippen molar-refractivity contribution in [2.24, 2.45) is 5.92 Å². The molecule has 0 aromatic heterocycles. The summed E-state index contributed by atoms with van der Waals surface area (Å²) in [6.07, 6.45) is 2.28. The Morgan fingerprint density at radius 3 is 2.67 bits per heavy atom. The average Bonchev–Trinajstić information content (AvgIpc) is 2.36. The molecule has 18 heavy (non-hydrogen) atoms. The van der Waals surface area contributed by atoms with Gasteiger partial charge >= 0.3 is 0 Å². The van der Waals surface area contributed by atoms with Crippen LogP contribution in [-0.2, 0) is 11.2 Å². The zero-order valence-corrected chi connectivity index (χ0v) is 11.8. The molecule has 0 aliphatic carbocycles. The van der Waals surface area contributed by atoms with E-state index in [9.17, 15) is 0 Å². The lowest BCUT2D eigenvalue weighted by atomic mass is 9.86. The van der Waals surface area contributed by atoms with Crippen molar-refractivity contribution in [3.8, 4) is 0 Å². The summed E-state index contributed by atoms with van der Waals surface area (Å²) in [7, 11) is 0. The highest BCUT2D eigenvalue weighted by Crippen LogP contribution is 2.23. The van der Waals surface area contributed by atoms with E-state index >= 15 is 0 Å². The number of ether oxygens (including phenoxy) is 1. The molecular weight excluding hydrogens is 222 g/mol. The number of rotatable bonds is 4. The first-order valence-corrected chi connectivity index (χ1v) is 7.08. The highest BCUT2D eigenvalue weighted by molar-refractivity contribution is 5.34. The fourth-order valence-electron chi connectivity index (χ4n) is 2.96. The number of hydrogen-bond donors (Lipinski definition) is 1. The van der Waals surface area contributed by atoms with Gasteiger partial charge in [-0.15, -0.1) is 0 Å². The monoisotopic (exact) mass is 247 g/mol. The van der Waals surface area contributed by atoms with E-state index in [1.807, 2.05) is 0 Å². The van der Waals surface area contributed by atoms with Crippen LogP contribution in [0.5, 0.6) is 0 Å². The number of benzene rings is 1. The van der Waals surface area contributed by atoms with E-state index in [1.165, 1.54) is 16.7 Å². The minimum atomic E-state index is 0.610.